The van der Waals surface area contributed by atoms with E-state index in [1.807, 2.05) is 0 Å². The first-order valence-corrected chi connectivity index (χ1v) is 15.1. The molecule has 0 bridgehead atoms. The molecule has 7 aliphatic carbocycles. The SMILES string of the molecule is CC1CC(C)CC2(C1)C1CCCCC1C1C3C(CCC12)CC1CC2CCCCC2CC13. The van der Waals surface area contributed by atoms with Crippen LogP contribution in [0.3, 0.4) is 0 Å². The second-order valence-corrected chi connectivity index (χ2v) is 14.7. The van der Waals surface area contributed by atoms with Crippen molar-refractivity contribution in [3.8, 4) is 0 Å². The third-order valence-electron chi connectivity index (χ3n) is 13.3. The molecule has 0 amide bonds. The Balaban J connectivity index is 1.24. The first kappa shape index (κ1) is 20.4. The van der Waals surface area contributed by atoms with Crippen LogP contribution in [0.5, 0.6) is 0 Å². The van der Waals surface area contributed by atoms with Crippen molar-refractivity contribution in [1.82, 2.24) is 0 Å². The Morgan fingerprint density at radius 1 is 0.484 bits per heavy atom. The Bertz CT molecular complexity index is 668. The predicted molar refractivity (Wildman–Crippen MR) is 130 cm³/mol. The Morgan fingerprint density at radius 3 is 1.97 bits per heavy atom. The van der Waals surface area contributed by atoms with Gasteiger partial charge in [-0.25, -0.2) is 0 Å². The Labute approximate surface area is 193 Å². The summed E-state index contributed by atoms with van der Waals surface area (Å²) in [7, 11) is 0. The van der Waals surface area contributed by atoms with Crippen LogP contribution < -0.4 is 0 Å². The molecule has 7 fully saturated rings. The predicted octanol–water partition coefficient (Wildman–Crippen LogP) is 8.74. The molecule has 7 rings (SSSR count). The number of fused-ring (bicyclic) bond motifs is 10. The monoisotopic (exact) mass is 422 g/mol. The summed E-state index contributed by atoms with van der Waals surface area (Å²) in [5.41, 5.74) is 0.776. The van der Waals surface area contributed by atoms with Crippen molar-refractivity contribution in [2.75, 3.05) is 0 Å². The van der Waals surface area contributed by atoms with E-state index in [0.717, 1.165) is 70.5 Å². The third-order valence-corrected chi connectivity index (χ3v) is 13.3. The van der Waals surface area contributed by atoms with Crippen LogP contribution in [0.25, 0.3) is 0 Å². The smallest absolute Gasteiger partial charge is 0.0230 e. The molecule has 0 nitrogen and oxygen atoms in total. The molecule has 0 heteroatoms. The van der Waals surface area contributed by atoms with Crippen LogP contribution in [-0.4, -0.2) is 0 Å². The molecule has 31 heavy (non-hydrogen) atoms. The van der Waals surface area contributed by atoms with Gasteiger partial charge in [-0.3, -0.25) is 0 Å². The molecule has 0 aliphatic heterocycles. The minimum Gasteiger partial charge on any atom is -0.0625 e. The maximum absolute atomic E-state index is 2.63. The second kappa shape index (κ2) is 7.50. The maximum Gasteiger partial charge on any atom is -0.0230 e. The summed E-state index contributed by atoms with van der Waals surface area (Å²) >= 11 is 0. The first-order chi connectivity index (χ1) is 15.1. The van der Waals surface area contributed by atoms with Gasteiger partial charge >= 0.3 is 0 Å². The lowest BCUT2D eigenvalue weighted by Crippen LogP contribution is -2.44. The molecule has 7 saturated carbocycles. The summed E-state index contributed by atoms with van der Waals surface area (Å²) in [6, 6.07) is 0. The highest BCUT2D eigenvalue weighted by Crippen LogP contribution is 2.73. The number of rotatable bonds is 0. The van der Waals surface area contributed by atoms with Crippen molar-refractivity contribution in [2.45, 2.75) is 117 Å². The first-order valence-electron chi connectivity index (χ1n) is 15.1. The lowest BCUT2D eigenvalue weighted by molar-refractivity contribution is -0.0285. The normalized spacial score (nSPS) is 60.6. The lowest BCUT2D eigenvalue weighted by atomic mass is 9.53. The summed E-state index contributed by atoms with van der Waals surface area (Å²) in [6.07, 6.45) is 25.7. The van der Waals surface area contributed by atoms with Crippen LogP contribution in [-0.2, 0) is 0 Å². The molecule has 0 radical (unpaired) electrons. The van der Waals surface area contributed by atoms with Gasteiger partial charge in [0.2, 0.25) is 0 Å². The third kappa shape index (κ3) is 2.97. The fraction of sp³-hybridized carbons (Fsp3) is 1.00. The molecule has 0 aromatic carbocycles. The largest absolute Gasteiger partial charge is 0.0625 e. The Hall–Kier alpha value is 0. The van der Waals surface area contributed by atoms with Crippen molar-refractivity contribution in [3.05, 3.63) is 0 Å². The van der Waals surface area contributed by atoms with Gasteiger partial charge in [-0.1, -0.05) is 52.4 Å². The molecular formula is C31H50. The fourth-order valence-corrected chi connectivity index (χ4v) is 13.1. The van der Waals surface area contributed by atoms with Crippen LogP contribution in [0.4, 0.5) is 0 Å². The van der Waals surface area contributed by atoms with Gasteiger partial charge < -0.3 is 0 Å². The zero-order chi connectivity index (χ0) is 20.7. The molecule has 0 N–H and O–H groups in total. The van der Waals surface area contributed by atoms with Gasteiger partial charge in [0.1, 0.15) is 0 Å². The molecule has 7 aliphatic rings. The average Bonchev–Trinajstić information content (AvgIpc) is 3.25. The van der Waals surface area contributed by atoms with E-state index in [9.17, 15) is 0 Å². The summed E-state index contributed by atoms with van der Waals surface area (Å²) in [5, 5.41) is 0. The molecule has 0 aromatic heterocycles. The highest BCUT2D eigenvalue weighted by Gasteiger charge is 2.66. The molecule has 0 heterocycles. The van der Waals surface area contributed by atoms with Crippen molar-refractivity contribution in [1.29, 1.82) is 0 Å². The molecule has 12 unspecified atom stereocenters. The van der Waals surface area contributed by atoms with Crippen LogP contribution in [0.15, 0.2) is 0 Å². The van der Waals surface area contributed by atoms with Gasteiger partial charge in [-0.05, 0) is 141 Å². The van der Waals surface area contributed by atoms with Gasteiger partial charge in [0.05, 0.1) is 0 Å². The summed E-state index contributed by atoms with van der Waals surface area (Å²) in [5.74, 6) is 13.5. The number of hydrogen-bond acceptors (Lipinski definition) is 0. The topological polar surface area (TPSA) is 0 Å². The molecule has 0 saturated heterocycles. The van der Waals surface area contributed by atoms with E-state index < -0.39 is 0 Å². The molecule has 0 aromatic rings. The van der Waals surface area contributed by atoms with Gasteiger partial charge in [0.15, 0.2) is 0 Å². The molecular weight excluding hydrogens is 372 g/mol. The lowest BCUT2D eigenvalue weighted by Gasteiger charge is -2.52. The molecule has 12 atom stereocenters. The van der Waals surface area contributed by atoms with E-state index in [4.69, 9.17) is 0 Å². The van der Waals surface area contributed by atoms with Crippen molar-refractivity contribution >= 4 is 0 Å². The minimum absolute atomic E-state index is 0.776. The zero-order valence-electron chi connectivity index (χ0n) is 20.7. The van der Waals surface area contributed by atoms with Gasteiger partial charge in [0, 0.05) is 0 Å². The zero-order valence-corrected chi connectivity index (χ0v) is 20.7. The van der Waals surface area contributed by atoms with E-state index in [2.05, 4.69) is 13.8 Å². The maximum atomic E-state index is 2.63. The number of hydrogen-bond donors (Lipinski definition) is 0. The quantitative estimate of drug-likeness (QED) is 0.366. The molecule has 1 spiro atoms. The van der Waals surface area contributed by atoms with E-state index in [1.165, 1.54) is 12.3 Å². The van der Waals surface area contributed by atoms with Crippen molar-refractivity contribution in [3.63, 3.8) is 0 Å². The van der Waals surface area contributed by atoms with E-state index in [1.54, 1.807) is 96.3 Å². The van der Waals surface area contributed by atoms with Gasteiger partial charge in [-0.15, -0.1) is 0 Å². The van der Waals surface area contributed by atoms with Crippen LogP contribution in [0.1, 0.15) is 117 Å². The van der Waals surface area contributed by atoms with E-state index >= 15 is 0 Å². The van der Waals surface area contributed by atoms with Crippen LogP contribution >= 0.6 is 0 Å². The standard InChI is InChI=1S/C31H50/c1-19-13-20(2)18-31(17-19)27-10-6-5-9-25(27)30-28(31)12-11-23-15-24-14-21-7-3-4-8-22(21)16-26(24)29(23)30/h19-30H,3-18H2,1-2H3. The van der Waals surface area contributed by atoms with Gasteiger partial charge in [0.25, 0.3) is 0 Å². The second-order valence-electron chi connectivity index (χ2n) is 14.7. The Morgan fingerprint density at radius 2 is 1.16 bits per heavy atom. The summed E-state index contributed by atoms with van der Waals surface area (Å²) < 4.78 is 0. The summed E-state index contributed by atoms with van der Waals surface area (Å²) in [6.45, 7) is 5.26. The van der Waals surface area contributed by atoms with E-state index in [0.29, 0.717) is 0 Å². The van der Waals surface area contributed by atoms with E-state index in [-0.39, 0.29) is 0 Å². The Kier molecular flexibility index (Phi) is 4.93. The van der Waals surface area contributed by atoms with Crippen LogP contribution in [0.2, 0.25) is 0 Å². The highest BCUT2D eigenvalue weighted by atomic mass is 14.7. The fourth-order valence-electron chi connectivity index (χ4n) is 13.1. The van der Waals surface area contributed by atoms with Crippen molar-refractivity contribution < 1.29 is 0 Å². The van der Waals surface area contributed by atoms with Crippen LogP contribution in [0, 0.1) is 76.4 Å². The summed E-state index contributed by atoms with van der Waals surface area (Å²) in [4.78, 5) is 0. The van der Waals surface area contributed by atoms with Gasteiger partial charge in [-0.2, -0.15) is 0 Å². The average molecular weight is 423 g/mol. The van der Waals surface area contributed by atoms with Crippen molar-refractivity contribution in [2.24, 2.45) is 76.4 Å². The minimum atomic E-state index is 0.776. The molecule has 174 valence electrons. The highest BCUT2D eigenvalue weighted by molar-refractivity contribution is 5.15.